The highest BCUT2D eigenvalue weighted by Gasteiger charge is 2.06. The van der Waals surface area contributed by atoms with Crippen LogP contribution < -0.4 is 4.74 Å². The number of alkyl halides is 1. The smallest absolute Gasteiger partial charge is 0.120 e. The van der Waals surface area contributed by atoms with Gasteiger partial charge in [-0.2, -0.15) is 0 Å². The van der Waals surface area contributed by atoms with E-state index in [9.17, 15) is 0 Å². The Morgan fingerprint density at radius 3 is 2.44 bits per heavy atom. The molecule has 0 fully saturated rings. The van der Waals surface area contributed by atoms with Gasteiger partial charge in [-0.05, 0) is 42.0 Å². The summed E-state index contributed by atoms with van der Waals surface area (Å²) in [5.74, 6) is 1.32. The predicted molar refractivity (Wildman–Crippen MR) is 78.1 cm³/mol. The molecule has 0 N–H and O–H groups in total. The Bertz CT molecular complexity index is 526. The second-order valence-corrected chi connectivity index (χ2v) is 5.48. The number of hydrogen-bond donors (Lipinski definition) is 0. The summed E-state index contributed by atoms with van der Waals surface area (Å²) in [5, 5.41) is 0.738. The van der Waals surface area contributed by atoms with Crippen molar-refractivity contribution in [2.75, 3.05) is 7.11 Å². The average Bonchev–Trinajstić information content (AvgIpc) is 2.41. The molecule has 0 amide bonds. The highest BCUT2D eigenvalue weighted by atomic mass is 35.5. The second kappa shape index (κ2) is 6.37. The van der Waals surface area contributed by atoms with Gasteiger partial charge in [-0.3, -0.25) is 0 Å². The van der Waals surface area contributed by atoms with E-state index in [4.69, 9.17) is 27.9 Å². The molecule has 0 aliphatic rings. The summed E-state index contributed by atoms with van der Waals surface area (Å²) in [5.41, 5.74) is 1.09. The monoisotopic (exact) mass is 298 g/mol. The zero-order chi connectivity index (χ0) is 13.0. The minimum atomic E-state index is 0.486. The zero-order valence-corrected chi connectivity index (χ0v) is 12.1. The van der Waals surface area contributed by atoms with Crippen LogP contribution in [0.4, 0.5) is 0 Å². The number of benzene rings is 2. The van der Waals surface area contributed by atoms with Crippen LogP contribution in [0.15, 0.2) is 52.3 Å². The van der Waals surface area contributed by atoms with Gasteiger partial charge in [0, 0.05) is 20.7 Å². The maximum Gasteiger partial charge on any atom is 0.120 e. The van der Waals surface area contributed by atoms with E-state index >= 15 is 0 Å². The van der Waals surface area contributed by atoms with E-state index in [-0.39, 0.29) is 0 Å². The van der Waals surface area contributed by atoms with Gasteiger partial charge in [-0.15, -0.1) is 11.6 Å². The van der Waals surface area contributed by atoms with Crippen molar-refractivity contribution < 1.29 is 4.74 Å². The Morgan fingerprint density at radius 2 is 1.83 bits per heavy atom. The number of rotatable bonds is 4. The minimum Gasteiger partial charge on any atom is -0.497 e. The fraction of sp³-hybridized carbons (Fsp3) is 0.143. The van der Waals surface area contributed by atoms with Crippen LogP contribution in [0.2, 0.25) is 5.02 Å². The summed E-state index contributed by atoms with van der Waals surface area (Å²) in [6.07, 6.45) is 0. The van der Waals surface area contributed by atoms with Crippen molar-refractivity contribution >= 4 is 35.0 Å². The minimum absolute atomic E-state index is 0.486. The quantitative estimate of drug-likeness (QED) is 0.714. The van der Waals surface area contributed by atoms with E-state index in [0.29, 0.717) is 5.88 Å². The molecule has 0 radical (unpaired) electrons. The summed E-state index contributed by atoms with van der Waals surface area (Å²) < 4.78 is 5.23. The second-order valence-electron chi connectivity index (χ2n) is 3.66. The summed E-state index contributed by atoms with van der Waals surface area (Å²) in [4.78, 5) is 2.23. The molecule has 0 bridgehead atoms. The third-order valence-corrected chi connectivity index (χ3v) is 4.11. The zero-order valence-electron chi connectivity index (χ0n) is 9.82. The first-order chi connectivity index (χ1) is 8.72. The normalized spacial score (nSPS) is 10.4. The van der Waals surface area contributed by atoms with Gasteiger partial charge in [0.2, 0.25) is 0 Å². The van der Waals surface area contributed by atoms with Crippen molar-refractivity contribution in [3.05, 3.63) is 53.1 Å². The summed E-state index contributed by atoms with van der Waals surface area (Å²) in [6, 6.07) is 13.6. The molecular formula is C14H12Cl2OS. The Hall–Kier alpha value is -0.830. The van der Waals surface area contributed by atoms with Gasteiger partial charge < -0.3 is 4.74 Å². The van der Waals surface area contributed by atoms with Crippen molar-refractivity contribution in [3.63, 3.8) is 0 Å². The first kappa shape index (κ1) is 13.6. The molecule has 94 valence electrons. The van der Waals surface area contributed by atoms with Gasteiger partial charge in [0.1, 0.15) is 5.75 Å². The van der Waals surface area contributed by atoms with E-state index in [0.717, 1.165) is 26.1 Å². The SMILES string of the molecule is COc1ccc(CCl)c(Sc2ccc(Cl)cc2)c1. The topological polar surface area (TPSA) is 9.23 Å². The molecule has 1 nitrogen and oxygen atoms in total. The molecule has 0 saturated heterocycles. The van der Waals surface area contributed by atoms with Crippen LogP contribution in [0.5, 0.6) is 5.75 Å². The van der Waals surface area contributed by atoms with Gasteiger partial charge in [0.05, 0.1) is 7.11 Å². The van der Waals surface area contributed by atoms with Crippen LogP contribution in [0.25, 0.3) is 0 Å². The molecule has 2 aromatic rings. The van der Waals surface area contributed by atoms with E-state index in [1.165, 1.54) is 0 Å². The van der Waals surface area contributed by atoms with Crippen LogP contribution in [-0.4, -0.2) is 7.11 Å². The van der Waals surface area contributed by atoms with Gasteiger partial charge in [0.25, 0.3) is 0 Å². The standard InChI is InChI=1S/C14H12Cl2OS/c1-17-12-5-2-10(9-15)14(8-12)18-13-6-3-11(16)4-7-13/h2-8H,9H2,1H3. The van der Waals surface area contributed by atoms with Crippen LogP contribution in [0.3, 0.4) is 0 Å². The maximum atomic E-state index is 5.94. The number of hydrogen-bond acceptors (Lipinski definition) is 2. The van der Waals surface area contributed by atoms with Crippen molar-refractivity contribution in [3.8, 4) is 5.75 Å². The Labute approximate surface area is 121 Å². The lowest BCUT2D eigenvalue weighted by Gasteiger charge is -2.09. The van der Waals surface area contributed by atoms with Crippen LogP contribution in [-0.2, 0) is 5.88 Å². The molecule has 2 rings (SSSR count). The van der Waals surface area contributed by atoms with Crippen molar-refractivity contribution in [1.29, 1.82) is 0 Å². The number of ether oxygens (including phenoxy) is 1. The fourth-order valence-corrected chi connectivity index (χ4v) is 2.91. The van der Waals surface area contributed by atoms with Crippen LogP contribution >= 0.6 is 35.0 Å². The van der Waals surface area contributed by atoms with Gasteiger partial charge in [-0.1, -0.05) is 29.4 Å². The molecule has 18 heavy (non-hydrogen) atoms. The summed E-state index contributed by atoms with van der Waals surface area (Å²) in [7, 11) is 1.66. The number of methoxy groups -OCH3 is 1. The van der Waals surface area contributed by atoms with Crippen LogP contribution in [0, 0.1) is 0 Å². The van der Waals surface area contributed by atoms with Crippen molar-refractivity contribution in [2.45, 2.75) is 15.7 Å². The maximum absolute atomic E-state index is 5.94. The van der Waals surface area contributed by atoms with Crippen LogP contribution in [0.1, 0.15) is 5.56 Å². The molecule has 0 spiro atoms. The molecule has 0 unspecified atom stereocenters. The van der Waals surface area contributed by atoms with Gasteiger partial charge in [-0.25, -0.2) is 0 Å². The lowest BCUT2D eigenvalue weighted by molar-refractivity contribution is 0.413. The Morgan fingerprint density at radius 1 is 1.11 bits per heavy atom. The molecule has 0 aliphatic heterocycles. The lowest BCUT2D eigenvalue weighted by Crippen LogP contribution is -1.88. The molecule has 0 aromatic heterocycles. The largest absolute Gasteiger partial charge is 0.497 e. The lowest BCUT2D eigenvalue weighted by atomic mass is 10.2. The average molecular weight is 299 g/mol. The Kier molecular flexibility index (Phi) is 4.81. The highest BCUT2D eigenvalue weighted by Crippen LogP contribution is 2.34. The predicted octanol–water partition coefficient (Wildman–Crippen LogP) is 5.24. The highest BCUT2D eigenvalue weighted by molar-refractivity contribution is 7.99. The van der Waals surface area contributed by atoms with Crippen molar-refractivity contribution in [1.82, 2.24) is 0 Å². The number of halogens is 2. The molecule has 0 aliphatic carbocycles. The molecule has 0 saturated carbocycles. The third-order valence-electron chi connectivity index (χ3n) is 2.46. The fourth-order valence-electron chi connectivity index (χ4n) is 1.50. The third kappa shape index (κ3) is 3.35. The Balaban J connectivity index is 2.29. The van der Waals surface area contributed by atoms with E-state index in [1.54, 1.807) is 18.9 Å². The van der Waals surface area contributed by atoms with E-state index in [2.05, 4.69) is 0 Å². The molecular weight excluding hydrogens is 287 g/mol. The van der Waals surface area contributed by atoms with Crippen molar-refractivity contribution in [2.24, 2.45) is 0 Å². The summed E-state index contributed by atoms with van der Waals surface area (Å²) >= 11 is 13.5. The van der Waals surface area contributed by atoms with E-state index < -0.39 is 0 Å². The molecule has 4 heteroatoms. The first-order valence-electron chi connectivity index (χ1n) is 5.39. The van der Waals surface area contributed by atoms with E-state index in [1.807, 2.05) is 42.5 Å². The molecule has 2 aromatic carbocycles. The molecule has 0 atom stereocenters. The first-order valence-corrected chi connectivity index (χ1v) is 7.12. The molecule has 0 heterocycles. The van der Waals surface area contributed by atoms with Gasteiger partial charge >= 0.3 is 0 Å². The van der Waals surface area contributed by atoms with Gasteiger partial charge in [0.15, 0.2) is 0 Å². The summed E-state index contributed by atoms with van der Waals surface area (Å²) in [6.45, 7) is 0.